The average Bonchev–Trinajstić information content (AvgIpc) is 2.18. The Hall–Kier alpha value is -0.780. The molecule has 1 aliphatic rings. The molecule has 0 saturated heterocycles. The van der Waals surface area contributed by atoms with E-state index in [1.807, 2.05) is 0 Å². The molecule has 0 nitrogen and oxygen atoms in total. The third-order valence-electron chi connectivity index (χ3n) is 2.15. The number of hydrogen-bond donors (Lipinski definition) is 0. The molecule has 0 heterocycles. The van der Waals surface area contributed by atoms with Gasteiger partial charge in [0.25, 0.3) is 0 Å². The highest BCUT2D eigenvalue weighted by Gasteiger charge is 1.85. The molecule has 0 spiro atoms. The van der Waals surface area contributed by atoms with E-state index in [1.165, 1.54) is 32.1 Å². The van der Waals surface area contributed by atoms with Crippen LogP contribution in [0.4, 0.5) is 0 Å². The highest BCUT2D eigenvalue weighted by molar-refractivity contribution is 5.04. The molecule has 0 aliphatic heterocycles. The van der Waals surface area contributed by atoms with Crippen molar-refractivity contribution in [2.24, 2.45) is 0 Å². The first-order valence-corrected chi connectivity index (χ1v) is 5.30. The van der Waals surface area contributed by atoms with Gasteiger partial charge in [-0.25, -0.2) is 0 Å². The molecule has 0 N–H and O–H groups in total. The number of rotatable bonds is 0. The summed E-state index contributed by atoms with van der Waals surface area (Å²) in [4.78, 5) is 0. The van der Waals surface area contributed by atoms with Gasteiger partial charge in [0.15, 0.2) is 0 Å². The van der Waals surface area contributed by atoms with Gasteiger partial charge in [-0.2, -0.15) is 0 Å². The monoisotopic (exact) mass is 175 g/mol. The smallest absolute Gasteiger partial charge is 0.0167 e. The molecule has 1 rings (SSSR count). The maximum Gasteiger partial charge on any atom is -0.0167 e. The van der Waals surface area contributed by atoms with Crippen LogP contribution in [0.2, 0.25) is 0 Å². The Balaban J connectivity index is 2.28. The Morgan fingerprint density at radius 2 is 1.15 bits per heavy atom. The van der Waals surface area contributed by atoms with E-state index in [9.17, 15) is 0 Å². The minimum absolute atomic E-state index is 1.16. The van der Waals surface area contributed by atoms with E-state index in [4.69, 9.17) is 0 Å². The van der Waals surface area contributed by atoms with Gasteiger partial charge < -0.3 is 0 Å². The molecule has 1 radical (unpaired) electrons. The molecule has 0 saturated carbocycles. The summed E-state index contributed by atoms with van der Waals surface area (Å²) >= 11 is 0. The average molecular weight is 175 g/mol. The van der Waals surface area contributed by atoms with Gasteiger partial charge in [0.2, 0.25) is 0 Å². The third kappa shape index (κ3) is 6.39. The second-order valence-electron chi connectivity index (χ2n) is 3.38. The van der Waals surface area contributed by atoms with E-state index in [0.29, 0.717) is 0 Å². The summed E-state index contributed by atoms with van der Waals surface area (Å²) in [6.07, 6.45) is 23.0. The second-order valence-corrected chi connectivity index (χ2v) is 3.38. The van der Waals surface area contributed by atoms with Gasteiger partial charge in [0.1, 0.15) is 0 Å². The van der Waals surface area contributed by atoms with Crippen LogP contribution in [-0.2, 0) is 0 Å². The largest absolute Gasteiger partial charge is 0.0882 e. The molecule has 1 aliphatic carbocycles. The van der Waals surface area contributed by atoms with Gasteiger partial charge in [-0.1, -0.05) is 36.5 Å². The van der Waals surface area contributed by atoms with Gasteiger partial charge in [-0.15, -0.1) is 0 Å². The lowest BCUT2D eigenvalue weighted by Crippen LogP contribution is -1.72. The fraction of sp³-hybridized carbons (Fsp3) is 0.462. The summed E-state index contributed by atoms with van der Waals surface area (Å²) < 4.78 is 0. The van der Waals surface area contributed by atoms with Crippen LogP contribution in [0.5, 0.6) is 0 Å². The van der Waals surface area contributed by atoms with Gasteiger partial charge >= 0.3 is 0 Å². The molecule has 0 amide bonds. The normalized spacial score (nSPS) is 27.7. The Labute approximate surface area is 82.0 Å². The zero-order valence-corrected chi connectivity index (χ0v) is 8.28. The topological polar surface area (TPSA) is 0 Å². The molecular weight excluding hydrogens is 156 g/mol. The van der Waals surface area contributed by atoms with Crippen LogP contribution in [0.15, 0.2) is 36.5 Å². The lowest BCUT2D eigenvalue weighted by Gasteiger charge is -1.92. The molecule has 0 aromatic heterocycles. The van der Waals surface area contributed by atoms with Crippen LogP contribution in [0.25, 0.3) is 0 Å². The molecule has 71 valence electrons. The second kappa shape index (κ2) is 7.85. The maximum atomic E-state index is 2.28. The van der Waals surface area contributed by atoms with E-state index < -0.39 is 0 Å². The van der Waals surface area contributed by atoms with Crippen molar-refractivity contribution in [3.63, 3.8) is 0 Å². The Morgan fingerprint density at radius 1 is 0.538 bits per heavy atom. The lowest BCUT2D eigenvalue weighted by atomic mass is 10.1. The number of allylic oxidation sites excluding steroid dienone is 6. The van der Waals surface area contributed by atoms with E-state index in [1.54, 1.807) is 0 Å². The van der Waals surface area contributed by atoms with Crippen molar-refractivity contribution in [1.29, 1.82) is 0 Å². The molecule has 0 aromatic carbocycles. The molecule has 0 fully saturated rings. The molecule has 0 atom stereocenters. The molecule has 0 unspecified atom stereocenters. The maximum absolute atomic E-state index is 2.28. The molecular formula is C13H19. The van der Waals surface area contributed by atoms with E-state index >= 15 is 0 Å². The van der Waals surface area contributed by atoms with Gasteiger partial charge in [0.05, 0.1) is 0 Å². The first kappa shape index (κ1) is 10.3. The first-order valence-electron chi connectivity index (χ1n) is 5.30. The van der Waals surface area contributed by atoms with Crippen LogP contribution >= 0.6 is 0 Å². The summed E-state index contributed by atoms with van der Waals surface area (Å²) in [5.74, 6) is 0. The van der Waals surface area contributed by atoms with Crippen molar-refractivity contribution >= 4 is 0 Å². The Kier molecular flexibility index (Phi) is 6.22. The Morgan fingerprint density at radius 3 is 1.92 bits per heavy atom. The van der Waals surface area contributed by atoms with E-state index in [-0.39, 0.29) is 0 Å². The molecule has 0 bridgehead atoms. The van der Waals surface area contributed by atoms with Gasteiger partial charge in [-0.05, 0) is 44.9 Å². The van der Waals surface area contributed by atoms with Crippen molar-refractivity contribution in [2.75, 3.05) is 0 Å². The molecule has 13 heavy (non-hydrogen) atoms. The molecule has 0 aromatic rings. The number of hydrogen-bond acceptors (Lipinski definition) is 0. The van der Waals surface area contributed by atoms with Crippen molar-refractivity contribution < 1.29 is 0 Å². The quantitative estimate of drug-likeness (QED) is 0.517. The van der Waals surface area contributed by atoms with Crippen LogP contribution in [-0.4, -0.2) is 0 Å². The van der Waals surface area contributed by atoms with Crippen LogP contribution in [0, 0.1) is 6.42 Å². The highest BCUT2D eigenvalue weighted by Crippen LogP contribution is 2.04. The van der Waals surface area contributed by atoms with E-state index in [2.05, 4.69) is 42.9 Å². The fourth-order valence-electron chi connectivity index (χ4n) is 1.36. The van der Waals surface area contributed by atoms with Crippen molar-refractivity contribution in [3.8, 4) is 0 Å². The first-order chi connectivity index (χ1) is 6.50. The SMILES string of the molecule is [CH]1/C=C/CCCC/C=C/C=C\CC1. The summed E-state index contributed by atoms with van der Waals surface area (Å²) in [7, 11) is 0. The third-order valence-corrected chi connectivity index (χ3v) is 2.15. The predicted molar refractivity (Wildman–Crippen MR) is 59.4 cm³/mol. The van der Waals surface area contributed by atoms with Crippen LogP contribution in [0.3, 0.4) is 0 Å². The van der Waals surface area contributed by atoms with Gasteiger partial charge in [-0.3, -0.25) is 0 Å². The zero-order valence-electron chi connectivity index (χ0n) is 8.28. The Bertz CT molecular complexity index is 184. The van der Waals surface area contributed by atoms with Crippen molar-refractivity contribution in [1.82, 2.24) is 0 Å². The summed E-state index contributed by atoms with van der Waals surface area (Å²) in [6.45, 7) is 0. The van der Waals surface area contributed by atoms with Gasteiger partial charge in [0, 0.05) is 0 Å². The summed E-state index contributed by atoms with van der Waals surface area (Å²) in [6, 6.07) is 0. The van der Waals surface area contributed by atoms with Crippen LogP contribution in [0.1, 0.15) is 38.5 Å². The summed E-state index contributed by atoms with van der Waals surface area (Å²) in [5, 5.41) is 0. The zero-order chi connectivity index (χ0) is 9.19. The summed E-state index contributed by atoms with van der Waals surface area (Å²) in [5.41, 5.74) is 0. The minimum atomic E-state index is 1.16. The lowest BCUT2D eigenvalue weighted by molar-refractivity contribution is 0.761. The predicted octanol–water partition coefficient (Wildman–Crippen LogP) is 4.21. The van der Waals surface area contributed by atoms with Crippen molar-refractivity contribution in [2.45, 2.75) is 38.5 Å². The molecule has 0 heteroatoms. The fourth-order valence-corrected chi connectivity index (χ4v) is 1.36. The minimum Gasteiger partial charge on any atom is -0.0882 e. The van der Waals surface area contributed by atoms with Crippen molar-refractivity contribution in [3.05, 3.63) is 42.9 Å². The highest BCUT2D eigenvalue weighted by atomic mass is 13.9. The van der Waals surface area contributed by atoms with E-state index in [0.717, 1.165) is 6.42 Å². The standard InChI is InChI=1S/C13H19/c1-2-4-6-8-10-12-13-11-9-7-5-3-1/h1-4,9,11,13H,5-8,10,12H2/b3-1-,4-2+,13-11+. The van der Waals surface area contributed by atoms with Crippen LogP contribution < -0.4 is 0 Å².